The van der Waals surface area contributed by atoms with Crippen molar-refractivity contribution in [1.82, 2.24) is 4.72 Å². The Kier molecular flexibility index (Phi) is 4.08. The molecule has 21 heavy (non-hydrogen) atoms. The topological polar surface area (TPSA) is 89.3 Å². The molecule has 1 aliphatic carbocycles. The molecule has 1 fully saturated rings. The van der Waals surface area contributed by atoms with Crippen LogP contribution in [-0.4, -0.2) is 19.4 Å². The Balaban J connectivity index is 2.22. The summed E-state index contributed by atoms with van der Waals surface area (Å²) in [6, 6.07) is 3.74. The molecule has 0 radical (unpaired) electrons. The molecule has 0 saturated heterocycles. The van der Waals surface area contributed by atoms with Crippen molar-refractivity contribution in [2.24, 2.45) is 5.41 Å². The summed E-state index contributed by atoms with van der Waals surface area (Å²) in [5.74, 6) is 0. The molecule has 0 amide bonds. The largest absolute Gasteiger partial charge is 0.269 e. The van der Waals surface area contributed by atoms with E-state index in [2.05, 4.69) is 18.6 Å². The maximum absolute atomic E-state index is 12.4. The lowest BCUT2D eigenvalue weighted by Crippen LogP contribution is -2.33. The van der Waals surface area contributed by atoms with E-state index in [1.54, 1.807) is 6.92 Å². The minimum absolute atomic E-state index is 0.0698. The quantitative estimate of drug-likeness (QED) is 0.684. The fourth-order valence-electron chi connectivity index (χ4n) is 2.87. The van der Waals surface area contributed by atoms with Crippen LogP contribution in [0.4, 0.5) is 5.69 Å². The first kappa shape index (κ1) is 15.9. The lowest BCUT2D eigenvalue weighted by atomic mass is 9.92. The Labute approximate surface area is 124 Å². The molecule has 1 unspecified atom stereocenters. The third-order valence-electron chi connectivity index (χ3n) is 3.95. The second-order valence-electron chi connectivity index (χ2n) is 6.43. The van der Waals surface area contributed by atoms with E-state index in [1.165, 1.54) is 18.2 Å². The van der Waals surface area contributed by atoms with Gasteiger partial charge in [-0.1, -0.05) is 13.8 Å². The molecule has 7 heteroatoms. The summed E-state index contributed by atoms with van der Waals surface area (Å²) in [7, 11) is -3.64. The van der Waals surface area contributed by atoms with Crippen molar-refractivity contribution in [3.8, 4) is 0 Å². The van der Waals surface area contributed by atoms with Crippen molar-refractivity contribution in [3.05, 3.63) is 33.9 Å². The van der Waals surface area contributed by atoms with E-state index in [4.69, 9.17) is 0 Å². The molecule has 0 aliphatic heterocycles. The number of hydrogen-bond donors (Lipinski definition) is 1. The Bertz CT molecular complexity index is 668. The molecule has 0 heterocycles. The first-order valence-corrected chi connectivity index (χ1v) is 8.36. The average molecular weight is 312 g/mol. The zero-order chi connectivity index (χ0) is 15.8. The van der Waals surface area contributed by atoms with Crippen LogP contribution in [0.5, 0.6) is 0 Å². The van der Waals surface area contributed by atoms with Crippen LogP contribution in [0, 0.1) is 22.5 Å². The smallest absolute Gasteiger partial charge is 0.258 e. The predicted molar refractivity (Wildman–Crippen MR) is 79.6 cm³/mol. The van der Waals surface area contributed by atoms with Gasteiger partial charge in [0.25, 0.3) is 5.69 Å². The van der Waals surface area contributed by atoms with Crippen molar-refractivity contribution in [1.29, 1.82) is 0 Å². The van der Waals surface area contributed by atoms with Gasteiger partial charge in [-0.3, -0.25) is 10.1 Å². The maximum Gasteiger partial charge on any atom is 0.269 e. The van der Waals surface area contributed by atoms with Gasteiger partial charge in [0.2, 0.25) is 10.0 Å². The standard InChI is InChI=1S/C14H20N2O4S/c1-10-8-12(16(17)18)4-5-13(10)21(19,20)15-11-6-7-14(2,3)9-11/h4-5,8,11,15H,6-7,9H2,1-3H3. The molecule has 1 aliphatic rings. The Hall–Kier alpha value is -1.47. The van der Waals surface area contributed by atoms with Crippen molar-refractivity contribution in [3.63, 3.8) is 0 Å². The summed E-state index contributed by atoms with van der Waals surface area (Å²) in [4.78, 5) is 10.3. The highest BCUT2D eigenvalue weighted by atomic mass is 32.2. The van der Waals surface area contributed by atoms with Crippen LogP contribution < -0.4 is 4.72 Å². The molecular formula is C14H20N2O4S. The van der Waals surface area contributed by atoms with E-state index < -0.39 is 14.9 Å². The number of nitrogens with one attached hydrogen (secondary N) is 1. The van der Waals surface area contributed by atoms with E-state index in [0.717, 1.165) is 19.3 Å². The van der Waals surface area contributed by atoms with Crippen LogP contribution in [0.15, 0.2) is 23.1 Å². The fraction of sp³-hybridized carbons (Fsp3) is 0.571. The predicted octanol–water partition coefficient (Wildman–Crippen LogP) is 2.76. The lowest BCUT2D eigenvalue weighted by molar-refractivity contribution is -0.385. The van der Waals surface area contributed by atoms with Crippen LogP contribution in [0.25, 0.3) is 0 Å². The van der Waals surface area contributed by atoms with E-state index in [-0.39, 0.29) is 22.0 Å². The summed E-state index contributed by atoms with van der Waals surface area (Å²) in [6.45, 7) is 5.82. The number of nitrogens with zero attached hydrogens (tertiary/aromatic N) is 1. The average Bonchev–Trinajstić information content (AvgIpc) is 2.67. The van der Waals surface area contributed by atoms with Crippen molar-refractivity contribution in [2.75, 3.05) is 0 Å². The molecule has 0 bridgehead atoms. The molecule has 1 saturated carbocycles. The van der Waals surface area contributed by atoms with E-state index >= 15 is 0 Å². The van der Waals surface area contributed by atoms with Crippen molar-refractivity contribution >= 4 is 15.7 Å². The van der Waals surface area contributed by atoms with Gasteiger partial charge in [-0.05, 0) is 43.2 Å². The fourth-order valence-corrected chi connectivity index (χ4v) is 4.37. The van der Waals surface area contributed by atoms with Gasteiger partial charge in [0.05, 0.1) is 9.82 Å². The van der Waals surface area contributed by atoms with Gasteiger partial charge in [-0.2, -0.15) is 0 Å². The van der Waals surface area contributed by atoms with Crippen LogP contribution in [0.3, 0.4) is 0 Å². The molecule has 0 aromatic heterocycles. The normalized spacial score (nSPS) is 21.4. The number of non-ortho nitro benzene ring substituents is 1. The van der Waals surface area contributed by atoms with Gasteiger partial charge in [0.1, 0.15) is 0 Å². The highest BCUT2D eigenvalue weighted by Gasteiger charge is 2.34. The molecule has 2 rings (SSSR count). The van der Waals surface area contributed by atoms with Crippen molar-refractivity contribution < 1.29 is 13.3 Å². The number of aryl methyl sites for hydroxylation is 1. The van der Waals surface area contributed by atoms with Crippen LogP contribution >= 0.6 is 0 Å². The Morgan fingerprint density at radius 2 is 2.05 bits per heavy atom. The number of rotatable bonds is 4. The summed E-state index contributed by atoms with van der Waals surface area (Å²) < 4.78 is 27.6. The van der Waals surface area contributed by atoms with Crippen LogP contribution in [-0.2, 0) is 10.0 Å². The minimum Gasteiger partial charge on any atom is -0.258 e. The molecule has 116 valence electrons. The maximum atomic E-state index is 12.4. The van der Waals surface area contributed by atoms with E-state index in [1.807, 2.05) is 0 Å². The number of nitro groups is 1. The molecular weight excluding hydrogens is 292 g/mol. The number of hydrogen-bond acceptors (Lipinski definition) is 4. The van der Waals surface area contributed by atoms with Crippen molar-refractivity contribution in [2.45, 2.75) is 51.0 Å². The highest BCUT2D eigenvalue weighted by molar-refractivity contribution is 7.89. The molecule has 1 aromatic rings. The minimum atomic E-state index is -3.64. The molecule has 0 spiro atoms. The van der Waals surface area contributed by atoms with Gasteiger partial charge < -0.3 is 0 Å². The zero-order valence-corrected chi connectivity index (χ0v) is 13.2. The second-order valence-corrected chi connectivity index (χ2v) is 8.11. The third-order valence-corrected chi connectivity index (χ3v) is 5.63. The van der Waals surface area contributed by atoms with E-state index in [9.17, 15) is 18.5 Å². The van der Waals surface area contributed by atoms with Gasteiger partial charge in [-0.25, -0.2) is 13.1 Å². The van der Waals surface area contributed by atoms with Crippen LogP contribution in [0.2, 0.25) is 0 Å². The van der Waals surface area contributed by atoms with Gasteiger partial charge in [0, 0.05) is 18.2 Å². The highest BCUT2D eigenvalue weighted by Crippen LogP contribution is 2.37. The van der Waals surface area contributed by atoms with E-state index in [0.29, 0.717) is 5.56 Å². The Morgan fingerprint density at radius 1 is 1.38 bits per heavy atom. The number of benzene rings is 1. The number of sulfonamides is 1. The summed E-state index contributed by atoms with van der Waals surface area (Å²) in [5, 5.41) is 10.7. The first-order valence-electron chi connectivity index (χ1n) is 6.88. The molecule has 6 nitrogen and oxygen atoms in total. The van der Waals surface area contributed by atoms with Crippen LogP contribution in [0.1, 0.15) is 38.7 Å². The first-order chi connectivity index (χ1) is 9.61. The van der Waals surface area contributed by atoms with Gasteiger partial charge >= 0.3 is 0 Å². The third kappa shape index (κ3) is 3.59. The second kappa shape index (κ2) is 5.38. The Morgan fingerprint density at radius 3 is 2.52 bits per heavy atom. The summed E-state index contributed by atoms with van der Waals surface area (Å²) in [6.07, 6.45) is 2.61. The van der Waals surface area contributed by atoms with Gasteiger partial charge in [0.15, 0.2) is 0 Å². The monoisotopic (exact) mass is 312 g/mol. The number of nitro benzene ring substituents is 1. The molecule has 1 N–H and O–H groups in total. The summed E-state index contributed by atoms with van der Waals surface area (Å²) in [5.41, 5.74) is 0.431. The van der Waals surface area contributed by atoms with Gasteiger partial charge in [-0.15, -0.1) is 0 Å². The molecule has 1 atom stereocenters. The molecule has 1 aromatic carbocycles. The summed E-state index contributed by atoms with van der Waals surface area (Å²) >= 11 is 0. The lowest BCUT2D eigenvalue weighted by Gasteiger charge is -2.18. The zero-order valence-electron chi connectivity index (χ0n) is 12.4. The SMILES string of the molecule is Cc1cc([N+](=O)[O-])ccc1S(=O)(=O)NC1CCC(C)(C)C1.